The molecule has 7 heteroatoms. The maximum Gasteiger partial charge on any atom is 0.212 e. The number of nitrogens with one attached hydrogen (secondary N) is 4. The molecule has 1 aliphatic rings. The Kier molecular flexibility index (Phi) is 8.59. The normalized spacial score (nSPS) is 12.9. The van der Waals surface area contributed by atoms with E-state index in [0.29, 0.717) is 0 Å². The fourth-order valence-corrected chi connectivity index (χ4v) is 9.94. The average molecular weight is 829 g/mol. The highest BCUT2D eigenvalue weighted by atomic mass is 14.9. The van der Waals surface area contributed by atoms with Gasteiger partial charge < -0.3 is 19.9 Å². The van der Waals surface area contributed by atoms with E-state index in [2.05, 4.69) is 244 Å². The standard InChI is InChI=1S/C57H46N7/c1-35-17-19-36(20-18-35)54-43-21-23-45(58-43)55(40-29-37-11-5-8-14-51(37)62(2)32-40)47-25-27-49(60-47)57(42-31-39-13-7-10-16-53(39)64(4)34-42)50-28-26-48(61-50)56(46-24-22-44(54)59-46)41-30-38-12-6-9-15-52(38)63(3)33-41/h5-34,58-61H,1-4H3/q+3. The van der Waals surface area contributed by atoms with Gasteiger partial charge in [-0.1, -0.05) is 66.2 Å². The Morgan fingerprint density at radius 2 is 0.625 bits per heavy atom. The Morgan fingerprint density at radius 1 is 0.312 bits per heavy atom. The Morgan fingerprint density at radius 3 is 0.969 bits per heavy atom. The van der Waals surface area contributed by atoms with Crippen molar-refractivity contribution >= 4 is 55.0 Å². The van der Waals surface area contributed by atoms with E-state index in [9.17, 15) is 0 Å². The molecule has 7 aromatic heterocycles. The highest BCUT2D eigenvalue weighted by Gasteiger charge is 2.22. The van der Waals surface area contributed by atoms with Gasteiger partial charge in [0.2, 0.25) is 16.6 Å². The Hall–Kier alpha value is -8.29. The second kappa shape index (κ2) is 14.7. The number of nitrogens with zero attached hydrogens (tertiary/aromatic N) is 3. The molecular weight excluding hydrogens is 783 g/mol. The molecule has 0 atom stereocenters. The summed E-state index contributed by atoms with van der Waals surface area (Å²) in [7, 11) is 6.39. The number of H-pyrrole nitrogens is 4. The number of hydrogen-bond acceptors (Lipinski definition) is 0. The number of aryl methyl sites for hydroxylation is 4. The molecule has 8 heterocycles. The van der Waals surface area contributed by atoms with Crippen LogP contribution in [0.2, 0.25) is 0 Å². The van der Waals surface area contributed by atoms with Crippen LogP contribution < -0.4 is 35.1 Å². The van der Waals surface area contributed by atoms with Crippen molar-refractivity contribution in [2.45, 2.75) is 6.92 Å². The van der Waals surface area contributed by atoms with Crippen molar-refractivity contribution in [3.63, 3.8) is 0 Å². The Bertz CT molecular complexity index is 3950. The maximum absolute atomic E-state index is 3.99. The third-order valence-corrected chi connectivity index (χ3v) is 13.0. The first kappa shape index (κ1) is 37.5. The highest BCUT2D eigenvalue weighted by Crippen LogP contribution is 2.29. The van der Waals surface area contributed by atoms with Crippen molar-refractivity contribution in [3.05, 3.63) is 254 Å². The summed E-state index contributed by atoms with van der Waals surface area (Å²) < 4.78 is 6.68. The summed E-state index contributed by atoms with van der Waals surface area (Å²) in [5.41, 5.74) is 17.5. The average Bonchev–Trinajstić information content (AvgIpc) is 4.16. The predicted octanol–water partition coefficient (Wildman–Crippen LogP) is 6.54. The second-order valence-corrected chi connectivity index (χ2v) is 17.2. The van der Waals surface area contributed by atoms with Gasteiger partial charge in [0.25, 0.3) is 0 Å². The van der Waals surface area contributed by atoms with Gasteiger partial charge in [-0.2, -0.15) is 0 Å². The van der Waals surface area contributed by atoms with Crippen LogP contribution in [0, 0.1) is 6.92 Å². The molecule has 7 nitrogen and oxygen atoms in total. The van der Waals surface area contributed by atoms with Gasteiger partial charge in [-0.25, -0.2) is 13.7 Å². The van der Waals surface area contributed by atoms with E-state index < -0.39 is 0 Å². The van der Waals surface area contributed by atoms with Crippen molar-refractivity contribution in [3.8, 4) is 0 Å². The van der Waals surface area contributed by atoms with Gasteiger partial charge in [0, 0.05) is 101 Å². The van der Waals surface area contributed by atoms with Gasteiger partial charge in [0.05, 0.1) is 16.7 Å². The van der Waals surface area contributed by atoms with Crippen LogP contribution in [-0.4, -0.2) is 19.9 Å². The van der Waals surface area contributed by atoms with Gasteiger partial charge >= 0.3 is 0 Å². The van der Waals surface area contributed by atoms with Crippen molar-refractivity contribution in [2.75, 3.05) is 0 Å². The molecule has 0 saturated heterocycles. The molecule has 8 bridgehead atoms. The van der Waals surface area contributed by atoms with Gasteiger partial charge in [0.15, 0.2) is 18.6 Å². The Labute approximate surface area is 369 Å². The van der Waals surface area contributed by atoms with E-state index in [0.717, 1.165) is 88.7 Å². The van der Waals surface area contributed by atoms with Crippen LogP contribution in [0.1, 0.15) is 50.6 Å². The van der Waals surface area contributed by atoms with Crippen LogP contribution in [-0.2, 0) is 21.1 Å². The van der Waals surface area contributed by atoms with Crippen LogP contribution in [0.3, 0.4) is 0 Å². The fraction of sp³-hybridized carbons (Fsp3) is 0.0702. The maximum atomic E-state index is 3.99. The summed E-state index contributed by atoms with van der Waals surface area (Å²) in [5, 5.41) is 7.57. The molecule has 4 N–H and O–H groups in total. The van der Waals surface area contributed by atoms with Crippen LogP contribution in [0.4, 0.5) is 0 Å². The molecule has 306 valence electrons. The van der Waals surface area contributed by atoms with Crippen molar-refractivity contribution in [2.24, 2.45) is 21.1 Å². The van der Waals surface area contributed by atoms with Crippen LogP contribution >= 0.6 is 0 Å². The molecule has 1 aliphatic heterocycles. The zero-order chi connectivity index (χ0) is 43.1. The molecule has 4 aromatic carbocycles. The summed E-state index contributed by atoms with van der Waals surface area (Å²) in [6, 6.07) is 59.4. The molecule has 0 radical (unpaired) electrons. The third kappa shape index (κ3) is 6.23. The molecule has 0 saturated carbocycles. The number of aromatic nitrogens is 7. The van der Waals surface area contributed by atoms with Gasteiger partial charge in [-0.3, -0.25) is 0 Å². The highest BCUT2D eigenvalue weighted by molar-refractivity contribution is 5.89. The lowest BCUT2D eigenvalue weighted by Gasteiger charge is -2.10. The number of hydrogen-bond donors (Lipinski definition) is 4. The van der Waals surface area contributed by atoms with Gasteiger partial charge in [-0.05, 0) is 97.4 Å². The van der Waals surface area contributed by atoms with Crippen molar-refractivity contribution in [1.82, 2.24) is 19.9 Å². The molecular formula is C57H46N7+3. The first-order chi connectivity index (χ1) is 31.3. The lowest BCUT2D eigenvalue weighted by Crippen LogP contribution is -2.30. The number of pyridine rings is 3. The predicted molar refractivity (Wildman–Crippen MR) is 255 cm³/mol. The number of para-hydroxylation sites is 3. The monoisotopic (exact) mass is 828 g/mol. The number of benzene rings is 4. The van der Waals surface area contributed by atoms with Gasteiger partial charge in [0.1, 0.15) is 21.1 Å². The lowest BCUT2D eigenvalue weighted by atomic mass is 10.0. The molecule has 0 spiro atoms. The second-order valence-electron chi connectivity index (χ2n) is 17.2. The first-order valence-corrected chi connectivity index (χ1v) is 21.8. The summed E-state index contributed by atoms with van der Waals surface area (Å²) in [6.45, 7) is 2.14. The molecule has 12 rings (SSSR count). The van der Waals surface area contributed by atoms with Crippen LogP contribution in [0.25, 0.3) is 55.0 Å². The summed E-state index contributed by atoms with van der Waals surface area (Å²) in [4.78, 5) is 15.9. The van der Waals surface area contributed by atoms with Crippen LogP contribution in [0.5, 0.6) is 0 Å². The zero-order valence-corrected chi connectivity index (χ0v) is 36.2. The minimum absolute atomic E-state index is 1.01. The molecule has 0 unspecified atom stereocenters. The third-order valence-electron chi connectivity index (χ3n) is 13.0. The van der Waals surface area contributed by atoms with Crippen molar-refractivity contribution in [1.29, 1.82) is 0 Å². The largest absolute Gasteiger partial charge is 0.354 e. The van der Waals surface area contributed by atoms with E-state index in [1.54, 1.807) is 0 Å². The fourth-order valence-electron chi connectivity index (χ4n) is 9.94. The van der Waals surface area contributed by atoms with Crippen molar-refractivity contribution < 1.29 is 13.7 Å². The number of aromatic amines is 4. The Balaban J connectivity index is 1.22. The van der Waals surface area contributed by atoms with Gasteiger partial charge in [-0.15, -0.1) is 0 Å². The smallest absolute Gasteiger partial charge is 0.212 e. The zero-order valence-electron chi connectivity index (χ0n) is 36.2. The summed E-state index contributed by atoms with van der Waals surface area (Å²) >= 11 is 0. The quantitative estimate of drug-likeness (QED) is 0.146. The topological polar surface area (TPSA) is 74.8 Å². The van der Waals surface area contributed by atoms with E-state index in [4.69, 9.17) is 0 Å². The summed E-state index contributed by atoms with van der Waals surface area (Å²) in [5.74, 6) is 0. The summed E-state index contributed by atoms with van der Waals surface area (Å²) in [6.07, 6.45) is 6.73. The number of fused-ring (bicyclic) bond motifs is 11. The minimum Gasteiger partial charge on any atom is -0.354 e. The first-order valence-electron chi connectivity index (χ1n) is 21.8. The lowest BCUT2D eigenvalue weighted by molar-refractivity contribution is -0.645. The van der Waals surface area contributed by atoms with E-state index in [1.807, 2.05) is 0 Å². The number of rotatable bonds is 4. The van der Waals surface area contributed by atoms with E-state index >= 15 is 0 Å². The SMILES string of the molecule is Cc1ccc(C2=c3ccc([nH]3)=C(c3cc4ccccc4[n+](C)c3)c3ccc([nH]3)C(c3cc4ccccc4[n+](C)c3)=c3ccc([nH]3)=C(c3cc4ccccc4[n+](C)c3)c3ccc2[nH]3)cc1. The molecule has 11 aromatic rings. The van der Waals surface area contributed by atoms with E-state index in [-0.39, 0.29) is 0 Å². The van der Waals surface area contributed by atoms with Crippen LogP contribution in [0.15, 0.2) is 182 Å². The molecule has 0 amide bonds. The molecule has 0 aliphatic carbocycles. The molecule has 64 heavy (non-hydrogen) atoms. The van der Waals surface area contributed by atoms with E-state index in [1.165, 1.54) is 38.3 Å². The molecule has 0 fully saturated rings. The minimum atomic E-state index is 1.01.